The van der Waals surface area contributed by atoms with E-state index < -0.39 is 5.69 Å². The second-order valence-electron chi connectivity index (χ2n) is 10.0. The molecule has 9 heteroatoms. The van der Waals surface area contributed by atoms with Gasteiger partial charge in [-0.15, -0.1) is 0 Å². The second kappa shape index (κ2) is 12.3. The van der Waals surface area contributed by atoms with E-state index in [-0.39, 0.29) is 17.8 Å². The standard InChI is InChI=1S/C25H41N5O4/c1-4-5-6-7-10-13-16-29-18-20(34-25(29)33)15-12-9-8-11-14-17-30(3)19-26-22-21(30)23(31)27-24(32)28(22)2/h19-20H,4-18H2,1-3H3/p+1. The average Bonchev–Trinajstić information content (AvgIpc) is 3.34. The Bertz CT molecular complexity index is 969. The molecule has 0 saturated carbocycles. The van der Waals surface area contributed by atoms with Crippen molar-refractivity contribution in [2.75, 3.05) is 26.7 Å². The Morgan fingerprint density at radius 3 is 2.47 bits per heavy atom. The lowest BCUT2D eigenvalue weighted by atomic mass is 10.1. The molecule has 1 aromatic rings. The average molecular weight is 477 g/mol. The molecule has 2 aliphatic heterocycles. The number of hydrogen-bond acceptors (Lipinski definition) is 5. The molecule has 1 N–H and O–H groups in total. The molecule has 190 valence electrons. The van der Waals surface area contributed by atoms with Gasteiger partial charge in [0.15, 0.2) is 6.34 Å². The van der Waals surface area contributed by atoms with E-state index in [0.717, 1.165) is 64.6 Å². The highest BCUT2D eigenvalue weighted by Crippen LogP contribution is 2.32. The summed E-state index contributed by atoms with van der Waals surface area (Å²) in [7, 11) is 3.58. The van der Waals surface area contributed by atoms with Crippen LogP contribution in [0.1, 0.15) is 84.0 Å². The molecule has 9 nitrogen and oxygen atoms in total. The smallest absolute Gasteiger partial charge is 0.410 e. The first-order chi connectivity index (χ1) is 16.4. The molecule has 34 heavy (non-hydrogen) atoms. The van der Waals surface area contributed by atoms with Crippen molar-refractivity contribution in [2.45, 2.75) is 90.1 Å². The van der Waals surface area contributed by atoms with Gasteiger partial charge in [-0.3, -0.25) is 14.3 Å². The molecule has 0 aliphatic carbocycles. The molecular weight excluding hydrogens is 434 g/mol. The quantitative estimate of drug-likeness (QED) is 0.303. The molecule has 3 heterocycles. The summed E-state index contributed by atoms with van der Waals surface area (Å²) in [6.45, 7) is 4.55. The molecule has 0 aromatic carbocycles. The summed E-state index contributed by atoms with van der Waals surface area (Å²) < 4.78 is 7.27. The van der Waals surface area contributed by atoms with E-state index in [1.807, 2.05) is 11.9 Å². The van der Waals surface area contributed by atoms with Crippen molar-refractivity contribution in [2.24, 2.45) is 12.0 Å². The van der Waals surface area contributed by atoms with Gasteiger partial charge >= 0.3 is 17.3 Å². The van der Waals surface area contributed by atoms with Gasteiger partial charge in [-0.25, -0.2) is 14.1 Å². The summed E-state index contributed by atoms with van der Waals surface area (Å²) in [6, 6.07) is 0. The Balaban J connectivity index is 1.28. The normalized spacial score (nSPS) is 21.3. The molecular formula is C25H42N5O4+. The Morgan fingerprint density at radius 1 is 1.03 bits per heavy atom. The van der Waals surface area contributed by atoms with E-state index in [1.54, 1.807) is 13.4 Å². The number of ether oxygens (including phenoxy) is 1. The zero-order valence-electron chi connectivity index (χ0n) is 21.2. The fraction of sp³-hybridized carbons (Fsp3) is 0.760. The third kappa shape index (κ3) is 6.58. The minimum Gasteiger partial charge on any atom is -0.444 e. The van der Waals surface area contributed by atoms with Gasteiger partial charge in [0, 0.05) is 13.6 Å². The maximum absolute atomic E-state index is 12.4. The van der Waals surface area contributed by atoms with Crippen LogP contribution in [0.5, 0.6) is 0 Å². The van der Waals surface area contributed by atoms with Crippen LogP contribution in [0.25, 0.3) is 0 Å². The summed E-state index contributed by atoms with van der Waals surface area (Å²) in [5.74, 6) is 0.452. The number of rotatable bonds is 15. The number of aromatic nitrogens is 2. The summed E-state index contributed by atoms with van der Waals surface area (Å²) in [6.07, 6.45) is 15.2. The number of hydrogen-bond donors (Lipinski definition) is 1. The van der Waals surface area contributed by atoms with Crippen molar-refractivity contribution in [1.29, 1.82) is 0 Å². The van der Waals surface area contributed by atoms with Gasteiger partial charge in [-0.1, -0.05) is 51.9 Å². The number of aromatic amines is 1. The highest BCUT2D eigenvalue weighted by atomic mass is 16.6. The highest BCUT2D eigenvalue weighted by molar-refractivity contribution is 5.86. The Morgan fingerprint density at radius 2 is 1.71 bits per heavy atom. The van der Waals surface area contributed by atoms with E-state index in [2.05, 4.69) is 16.9 Å². The number of carbonyl (C=O) groups is 1. The van der Waals surface area contributed by atoms with E-state index in [1.165, 1.54) is 36.7 Å². The van der Waals surface area contributed by atoms with Crippen molar-refractivity contribution in [3.8, 4) is 0 Å². The van der Waals surface area contributed by atoms with Gasteiger partial charge in [0.05, 0.1) is 20.1 Å². The first-order valence-corrected chi connectivity index (χ1v) is 13.1. The van der Waals surface area contributed by atoms with Crippen LogP contribution in [-0.4, -0.2) is 59.7 Å². The summed E-state index contributed by atoms with van der Waals surface area (Å²) in [5, 5.41) is 0. The number of cyclic esters (lactones) is 1. The van der Waals surface area contributed by atoms with Crippen LogP contribution < -0.4 is 15.7 Å². The number of H-pyrrole nitrogens is 1. The number of unbranched alkanes of at least 4 members (excludes halogenated alkanes) is 9. The summed E-state index contributed by atoms with van der Waals surface area (Å²) in [4.78, 5) is 44.8. The molecule has 2 unspecified atom stereocenters. The van der Waals surface area contributed by atoms with E-state index in [9.17, 15) is 14.4 Å². The predicted molar refractivity (Wildman–Crippen MR) is 136 cm³/mol. The third-order valence-corrected chi connectivity index (χ3v) is 7.10. The van der Waals surface area contributed by atoms with Crippen molar-refractivity contribution in [3.63, 3.8) is 0 Å². The molecule has 2 atom stereocenters. The third-order valence-electron chi connectivity index (χ3n) is 7.10. The molecule has 0 radical (unpaired) electrons. The van der Waals surface area contributed by atoms with E-state index in [4.69, 9.17) is 4.74 Å². The molecule has 1 amide bonds. The lowest BCUT2D eigenvalue weighted by molar-refractivity contribution is 0.127. The number of carbonyl (C=O) groups excluding carboxylic acids is 1. The number of nitrogens with zero attached hydrogens (tertiary/aromatic N) is 4. The van der Waals surface area contributed by atoms with Gasteiger partial charge in [-0.2, -0.15) is 4.99 Å². The number of fused-ring (bicyclic) bond motifs is 1. The van der Waals surface area contributed by atoms with Crippen molar-refractivity contribution < 1.29 is 9.53 Å². The van der Waals surface area contributed by atoms with E-state index in [0.29, 0.717) is 16.0 Å². The van der Waals surface area contributed by atoms with Crippen LogP contribution in [-0.2, 0) is 11.8 Å². The Hall–Kier alpha value is -2.42. The van der Waals surface area contributed by atoms with Gasteiger partial charge in [0.1, 0.15) is 6.10 Å². The second-order valence-corrected chi connectivity index (χ2v) is 10.0. The number of nitrogens with one attached hydrogen (secondary N) is 1. The van der Waals surface area contributed by atoms with Crippen LogP contribution in [0.15, 0.2) is 14.6 Å². The van der Waals surface area contributed by atoms with Crippen molar-refractivity contribution >= 4 is 23.9 Å². The fourth-order valence-electron chi connectivity index (χ4n) is 4.95. The van der Waals surface area contributed by atoms with Crippen LogP contribution in [0.3, 0.4) is 0 Å². The zero-order chi connectivity index (χ0) is 24.6. The SMILES string of the molecule is CCCCCCCCN1CC(CCCCCCC[N+]2(C)C=Nc3c2c(=O)[nH]c(=O)n3C)OC1=O. The molecule has 1 saturated heterocycles. The monoisotopic (exact) mass is 476 g/mol. The van der Waals surface area contributed by atoms with Crippen LogP contribution in [0.4, 0.5) is 16.3 Å². The van der Waals surface area contributed by atoms with Crippen molar-refractivity contribution in [3.05, 3.63) is 20.8 Å². The van der Waals surface area contributed by atoms with Crippen molar-refractivity contribution in [1.82, 2.24) is 18.9 Å². The summed E-state index contributed by atoms with van der Waals surface area (Å²) >= 11 is 0. The molecule has 3 rings (SSSR count). The topological polar surface area (TPSA) is 96.8 Å². The molecule has 2 aliphatic rings. The Kier molecular flexibility index (Phi) is 9.50. The number of aliphatic imine (C=N–C) groups is 1. The maximum Gasteiger partial charge on any atom is 0.410 e. The van der Waals surface area contributed by atoms with Gasteiger partial charge in [-0.05, 0) is 32.1 Å². The fourth-order valence-corrected chi connectivity index (χ4v) is 4.95. The van der Waals surface area contributed by atoms with Crippen LogP contribution >= 0.6 is 0 Å². The zero-order valence-corrected chi connectivity index (χ0v) is 21.2. The first-order valence-electron chi connectivity index (χ1n) is 13.1. The molecule has 1 fully saturated rings. The predicted octanol–water partition coefficient (Wildman–Crippen LogP) is 4.21. The first kappa shape index (κ1) is 26.2. The highest BCUT2D eigenvalue weighted by Gasteiger charge is 2.37. The Labute approximate surface area is 202 Å². The van der Waals surface area contributed by atoms with Gasteiger partial charge < -0.3 is 9.64 Å². The van der Waals surface area contributed by atoms with E-state index >= 15 is 0 Å². The number of quaternary nitrogens is 1. The molecule has 0 spiro atoms. The van der Waals surface area contributed by atoms with Crippen LogP contribution in [0, 0.1) is 0 Å². The molecule has 0 bridgehead atoms. The lowest BCUT2D eigenvalue weighted by Gasteiger charge is -2.24. The molecule has 1 aromatic heterocycles. The summed E-state index contributed by atoms with van der Waals surface area (Å²) in [5.41, 5.74) is -0.252. The maximum atomic E-state index is 12.4. The largest absolute Gasteiger partial charge is 0.444 e. The van der Waals surface area contributed by atoms with Gasteiger partial charge in [0.25, 0.3) is 0 Å². The minimum absolute atomic E-state index is 0.0349. The number of amides is 1. The minimum atomic E-state index is -0.437. The van der Waals surface area contributed by atoms with Gasteiger partial charge in [0.2, 0.25) is 11.5 Å². The van der Waals surface area contributed by atoms with Crippen LogP contribution in [0.2, 0.25) is 0 Å². The lowest BCUT2D eigenvalue weighted by Crippen LogP contribution is -2.47.